The first kappa shape index (κ1) is 11.8. The van der Waals surface area contributed by atoms with Crippen molar-refractivity contribution in [2.24, 2.45) is 0 Å². The van der Waals surface area contributed by atoms with E-state index >= 15 is 0 Å². The average Bonchev–Trinajstić information content (AvgIpc) is 2.82. The second kappa shape index (κ2) is 4.51. The summed E-state index contributed by atoms with van der Waals surface area (Å²) in [6.45, 7) is 3.83. The van der Waals surface area contributed by atoms with Crippen LogP contribution in [0.5, 0.6) is 0 Å². The Bertz CT molecular complexity index is 261. The van der Waals surface area contributed by atoms with Gasteiger partial charge in [-0.25, -0.2) is 9.59 Å². The van der Waals surface area contributed by atoms with Gasteiger partial charge in [0.25, 0.3) is 0 Å². The van der Waals surface area contributed by atoms with Gasteiger partial charge in [-0.3, -0.25) is 0 Å². The lowest BCUT2D eigenvalue weighted by molar-refractivity contribution is -0.139. The molecule has 2 amide bonds. The van der Waals surface area contributed by atoms with Crippen LogP contribution in [0, 0.1) is 0 Å². The van der Waals surface area contributed by atoms with Crippen molar-refractivity contribution in [1.29, 1.82) is 0 Å². The molecule has 86 valence electrons. The van der Waals surface area contributed by atoms with Gasteiger partial charge >= 0.3 is 12.0 Å². The summed E-state index contributed by atoms with van der Waals surface area (Å²) in [6.07, 6.45) is 3.12. The van der Waals surface area contributed by atoms with E-state index in [1.165, 1.54) is 0 Å². The van der Waals surface area contributed by atoms with Crippen LogP contribution < -0.4 is 10.6 Å². The Morgan fingerprint density at radius 3 is 2.47 bits per heavy atom. The first-order valence-electron chi connectivity index (χ1n) is 5.28. The van der Waals surface area contributed by atoms with Crippen LogP contribution in [0.25, 0.3) is 0 Å². The van der Waals surface area contributed by atoms with Gasteiger partial charge in [-0.1, -0.05) is 13.3 Å². The molecular weight excluding hydrogens is 196 g/mol. The predicted molar refractivity (Wildman–Crippen MR) is 55.6 cm³/mol. The summed E-state index contributed by atoms with van der Waals surface area (Å²) < 4.78 is 0. The topological polar surface area (TPSA) is 78.4 Å². The molecule has 5 heteroatoms. The predicted octanol–water partition coefficient (Wildman–Crippen LogP) is 1.09. The second-order valence-corrected chi connectivity index (χ2v) is 4.34. The van der Waals surface area contributed by atoms with Crippen LogP contribution in [0.1, 0.15) is 39.5 Å². The molecular formula is C10H18N2O3. The van der Waals surface area contributed by atoms with Crippen LogP contribution in [-0.2, 0) is 4.79 Å². The van der Waals surface area contributed by atoms with Crippen molar-refractivity contribution in [3.63, 3.8) is 0 Å². The number of carboxylic acids is 1. The maximum atomic E-state index is 11.4. The number of rotatable bonds is 5. The van der Waals surface area contributed by atoms with Gasteiger partial charge in [0.2, 0.25) is 0 Å². The molecule has 0 heterocycles. The molecule has 0 aromatic heterocycles. The quantitative estimate of drug-likeness (QED) is 0.641. The van der Waals surface area contributed by atoms with Gasteiger partial charge < -0.3 is 15.7 Å². The van der Waals surface area contributed by atoms with E-state index < -0.39 is 12.0 Å². The molecule has 0 aromatic carbocycles. The molecule has 15 heavy (non-hydrogen) atoms. The van der Waals surface area contributed by atoms with Crippen molar-refractivity contribution in [3.05, 3.63) is 0 Å². The fourth-order valence-electron chi connectivity index (χ4n) is 1.33. The number of aliphatic carboxylic acids is 1. The number of carbonyl (C=O) groups excluding carboxylic acids is 1. The second-order valence-electron chi connectivity index (χ2n) is 4.34. The van der Waals surface area contributed by atoms with Gasteiger partial charge in [0.05, 0.1) is 0 Å². The van der Waals surface area contributed by atoms with Crippen molar-refractivity contribution >= 4 is 12.0 Å². The molecule has 1 rings (SSSR count). The summed E-state index contributed by atoms with van der Waals surface area (Å²) >= 11 is 0. The number of carboxylic acid groups (broad SMARTS) is 1. The maximum absolute atomic E-state index is 11.4. The Labute approximate surface area is 89.2 Å². The minimum atomic E-state index is -0.979. The molecule has 0 aromatic rings. The zero-order chi connectivity index (χ0) is 11.5. The Morgan fingerprint density at radius 1 is 1.47 bits per heavy atom. The highest BCUT2D eigenvalue weighted by Crippen LogP contribution is 2.33. The minimum absolute atomic E-state index is 0.112. The third-order valence-electron chi connectivity index (χ3n) is 2.60. The molecule has 0 bridgehead atoms. The molecule has 0 radical (unpaired) electrons. The summed E-state index contributed by atoms with van der Waals surface area (Å²) in [5.74, 6) is -0.979. The molecule has 1 aliphatic carbocycles. The molecule has 3 N–H and O–H groups in total. The third kappa shape index (κ3) is 3.77. The largest absolute Gasteiger partial charge is 0.480 e. The molecule has 0 unspecified atom stereocenters. The maximum Gasteiger partial charge on any atom is 0.326 e. The lowest BCUT2D eigenvalue weighted by atomic mass is 10.2. The van der Waals surface area contributed by atoms with Crippen molar-refractivity contribution in [2.45, 2.75) is 51.1 Å². The summed E-state index contributed by atoms with van der Waals surface area (Å²) in [5, 5.41) is 14.0. The van der Waals surface area contributed by atoms with Crippen LogP contribution in [0.3, 0.4) is 0 Å². The summed E-state index contributed by atoms with van der Waals surface area (Å²) in [4.78, 5) is 22.2. The molecule has 1 fully saturated rings. The van der Waals surface area contributed by atoms with Gasteiger partial charge in [-0.05, 0) is 26.2 Å². The molecule has 0 spiro atoms. The standard InChI is InChI=1S/C10H18N2O3/c1-3-4-7(8(13)14)11-9(15)12-10(2)5-6-10/h7H,3-6H2,1-2H3,(H,13,14)(H2,11,12,15)/t7-/m0/s1. The van der Waals surface area contributed by atoms with Crippen molar-refractivity contribution < 1.29 is 14.7 Å². The van der Waals surface area contributed by atoms with E-state index in [1.807, 2.05) is 13.8 Å². The van der Waals surface area contributed by atoms with E-state index in [2.05, 4.69) is 10.6 Å². The number of hydrogen-bond acceptors (Lipinski definition) is 2. The zero-order valence-corrected chi connectivity index (χ0v) is 9.17. The molecule has 1 aliphatic rings. The van der Waals surface area contributed by atoms with E-state index in [4.69, 9.17) is 5.11 Å². The SMILES string of the molecule is CCC[C@H](NC(=O)NC1(C)CC1)C(=O)O. The normalized spacial score (nSPS) is 19.1. The Balaban J connectivity index is 2.36. The van der Waals surface area contributed by atoms with Gasteiger partial charge in [0, 0.05) is 5.54 Å². The van der Waals surface area contributed by atoms with Crippen LogP contribution >= 0.6 is 0 Å². The van der Waals surface area contributed by atoms with E-state index in [-0.39, 0.29) is 11.6 Å². The highest BCUT2D eigenvalue weighted by Gasteiger charge is 2.39. The highest BCUT2D eigenvalue weighted by atomic mass is 16.4. The van der Waals surface area contributed by atoms with E-state index in [1.54, 1.807) is 0 Å². The summed E-state index contributed by atoms with van der Waals surface area (Å²) in [6, 6.07) is -1.16. The van der Waals surface area contributed by atoms with E-state index in [0.29, 0.717) is 6.42 Å². The zero-order valence-electron chi connectivity index (χ0n) is 9.17. The number of carbonyl (C=O) groups is 2. The number of hydrogen-bond donors (Lipinski definition) is 3. The monoisotopic (exact) mass is 214 g/mol. The smallest absolute Gasteiger partial charge is 0.326 e. The summed E-state index contributed by atoms with van der Waals surface area (Å²) in [7, 11) is 0. The van der Waals surface area contributed by atoms with Crippen molar-refractivity contribution in [1.82, 2.24) is 10.6 Å². The highest BCUT2D eigenvalue weighted by molar-refractivity contribution is 5.83. The van der Waals surface area contributed by atoms with Gasteiger partial charge in [0.15, 0.2) is 0 Å². The lowest BCUT2D eigenvalue weighted by Gasteiger charge is -2.17. The number of urea groups is 1. The Kier molecular flexibility index (Phi) is 3.55. The Hall–Kier alpha value is -1.26. The molecule has 1 atom stereocenters. The van der Waals surface area contributed by atoms with E-state index in [0.717, 1.165) is 19.3 Å². The fraction of sp³-hybridized carbons (Fsp3) is 0.800. The van der Waals surface area contributed by atoms with Crippen LogP contribution in [-0.4, -0.2) is 28.7 Å². The lowest BCUT2D eigenvalue weighted by Crippen LogP contribution is -2.49. The van der Waals surface area contributed by atoms with Crippen molar-refractivity contribution in [3.8, 4) is 0 Å². The van der Waals surface area contributed by atoms with Crippen molar-refractivity contribution in [2.75, 3.05) is 0 Å². The van der Waals surface area contributed by atoms with Crippen LogP contribution in [0.2, 0.25) is 0 Å². The first-order chi connectivity index (χ1) is 6.97. The molecule has 1 saturated carbocycles. The number of nitrogens with one attached hydrogen (secondary N) is 2. The van der Waals surface area contributed by atoms with Gasteiger partial charge in [-0.2, -0.15) is 0 Å². The molecule has 0 saturated heterocycles. The third-order valence-corrected chi connectivity index (χ3v) is 2.60. The fourth-order valence-corrected chi connectivity index (χ4v) is 1.33. The molecule has 0 aliphatic heterocycles. The van der Waals surface area contributed by atoms with Gasteiger partial charge in [0.1, 0.15) is 6.04 Å². The number of amides is 2. The minimum Gasteiger partial charge on any atom is -0.480 e. The van der Waals surface area contributed by atoms with Crippen LogP contribution in [0.15, 0.2) is 0 Å². The molecule has 5 nitrogen and oxygen atoms in total. The first-order valence-corrected chi connectivity index (χ1v) is 5.28. The summed E-state index contributed by atoms with van der Waals surface area (Å²) in [5.41, 5.74) is -0.112. The Morgan fingerprint density at radius 2 is 2.07 bits per heavy atom. The van der Waals surface area contributed by atoms with Gasteiger partial charge in [-0.15, -0.1) is 0 Å². The average molecular weight is 214 g/mol. The van der Waals surface area contributed by atoms with Crippen LogP contribution in [0.4, 0.5) is 4.79 Å². The van der Waals surface area contributed by atoms with E-state index in [9.17, 15) is 9.59 Å².